The van der Waals surface area contributed by atoms with Gasteiger partial charge in [-0.15, -0.1) is 0 Å². The van der Waals surface area contributed by atoms with Crippen LogP contribution in [-0.4, -0.2) is 28.9 Å². The van der Waals surface area contributed by atoms with Crippen molar-refractivity contribution in [3.63, 3.8) is 0 Å². The molecule has 0 bridgehead atoms. The highest BCUT2D eigenvalue weighted by molar-refractivity contribution is 5.17. The summed E-state index contributed by atoms with van der Waals surface area (Å²) in [6, 6.07) is 10.5. The molecule has 2 atom stereocenters. The van der Waals surface area contributed by atoms with Gasteiger partial charge in [-0.1, -0.05) is 42.5 Å². The van der Waals surface area contributed by atoms with Gasteiger partial charge in [0.15, 0.2) is 0 Å². The maximum atomic E-state index is 9.65. The lowest BCUT2D eigenvalue weighted by atomic mass is 10.1. The largest absolute Gasteiger partial charge is 0.390 e. The Bertz CT molecular complexity index is 409. The summed E-state index contributed by atoms with van der Waals surface area (Å²) in [5.74, 6) is 0. The molecule has 112 valence electrons. The van der Waals surface area contributed by atoms with E-state index in [0.29, 0.717) is 6.42 Å². The van der Waals surface area contributed by atoms with Gasteiger partial charge in [-0.3, -0.25) is 4.84 Å². The Balaban J connectivity index is 2.47. The first kappa shape index (κ1) is 16.9. The van der Waals surface area contributed by atoms with E-state index < -0.39 is 5.60 Å². The number of rotatable bonds is 7. The first-order valence-electron chi connectivity index (χ1n) is 7.13. The van der Waals surface area contributed by atoms with Crippen molar-refractivity contribution in [3.8, 4) is 0 Å². The van der Waals surface area contributed by atoms with E-state index in [0.717, 1.165) is 0 Å². The molecule has 0 aliphatic rings. The molecule has 3 nitrogen and oxygen atoms in total. The number of aliphatic hydroxyl groups is 1. The van der Waals surface area contributed by atoms with Gasteiger partial charge < -0.3 is 5.11 Å². The van der Waals surface area contributed by atoms with E-state index in [-0.39, 0.29) is 12.1 Å². The minimum atomic E-state index is -0.667. The predicted octanol–water partition coefficient (Wildman–Crippen LogP) is 3.72. The van der Waals surface area contributed by atoms with Crippen LogP contribution in [0.3, 0.4) is 0 Å². The molecule has 20 heavy (non-hydrogen) atoms. The van der Waals surface area contributed by atoms with Crippen molar-refractivity contribution in [2.75, 3.05) is 7.05 Å². The molecule has 0 radical (unpaired) electrons. The molecule has 0 amide bonds. The SMILES string of the molecule is C[C@H](/C=C/CC(C)(C)O)ON(C)[C@H](C)c1ccccc1. The average molecular weight is 277 g/mol. The van der Waals surface area contributed by atoms with Crippen LogP contribution >= 0.6 is 0 Å². The van der Waals surface area contributed by atoms with Crippen molar-refractivity contribution in [1.29, 1.82) is 0 Å². The second kappa shape index (κ2) is 7.58. The fourth-order valence-electron chi connectivity index (χ4n) is 1.88. The van der Waals surface area contributed by atoms with Crippen molar-refractivity contribution in [2.24, 2.45) is 0 Å². The van der Waals surface area contributed by atoms with Crippen molar-refractivity contribution in [1.82, 2.24) is 5.06 Å². The van der Waals surface area contributed by atoms with Crippen molar-refractivity contribution in [2.45, 2.75) is 51.9 Å². The van der Waals surface area contributed by atoms with Crippen LogP contribution in [0.25, 0.3) is 0 Å². The topological polar surface area (TPSA) is 32.7 Å². The summed E-state index contributed by atoms with van der Waals surface area (Å²) in [4.78, 5) is 5.85. The van der Waals surface area contributed by atoms with E-state index in [9.17, 15) is 5.11 Å². The lowest BCUT2D eigenvalue weighted by Crippen LogP contribution is -2.26. The van der Waals surface area contributed by atoms with E-state index in [1.165, 1.54) is 5.56 Å². The van der Waals surface area contributed by atoms with Crippen LogP contribution in [0.2, 0.25) is 0 Å². The second-order valence-corrected chi connectivity index (χ2v) is 5.89. The Labute approximate surface area is 122 Å². The summed E-state index contributed by atoms with van der Waals surface area (Å²) < 4.78 is 0. The quantitative estimate of drug-likeness (QED) is 0.609. The Morgan fingerprint density at radius 3 is 2.40 bits per heavy atom. The van der Waals surface area contributed by atoms with E-state index in [1.54, 1.807) is 13.8 Å². The fraction of sp³-hybridized carbons (Fsp3) is 0.529. The van der Waals surface area contributed by atoms with Gasteiger partial charge in [0, 0.05) is 7.05 Å². The van der Waals surface area contributed by atoms with Gasteiger partial charge in [0.25, 0.3) is 0 Å². The lowest BCUT2D eigenvalue weighted by Gasteiger charge is -2.26. The monoisotopic (exact) mass is 277 g/mol. The molecule has 3 heteroatoms. The second-order valence-electron chi connectivity index (χ2n) is 5.89. The number of hydrogen-bond acceptors (Lipinski definition) is 3. The Hall–Kier alpha value is -1.16. The van der Waals surface area contributed by atoms with Gasteiger partial charge in [0.05, 0.1) is 17.7 Å². The third kappa shape index (κ3) is 6.33. The Kier molecular flexibility index (Phi) is 6.40. The highest BCUT2D eigenvalue weighted by Crippen LogP contribution is 2.19. The molecular formula is C17H27NO2. The molecule has 0 aromatic heterocycles. The molecule has 0 unspecified atom stereocenters. The smallest absolute Gasteiger partial charge is 0.0946 e. The highest BCUT2D eigenvalue weighted by Gasteiger charge is 2.14. The summed E-state index contributed by atoms with van der Waals surface area (Å²) in [6.07, 6.45) is 4.55. The molecule has 1 rings (SSSR count). The zero-order valence-electron chi connectivity index (χ0n) is 13.2. The molecule has 0 spiro atoms. The molecule has 0 saturated heterocycles. The molecule has 0 aliphatic carbocycles. The zero-order chi connectivity index (χ0) is 15.2. The number of hydroxylamine groups is 2. The molecule has 1 N–H and O–H groups in total. The van der Waals surface area contributed by atoms with Crippen molar-refractivity contribution >= 4 is 0 Å². The Morgan fingerprint density at radius 1 is 1.25 bits per heavy atom. The van der Waals surface area contributed by atoms with Gasteiger partial charge in [-0.05, 0) is 39.7 Å². The number of benzene rings is 1. The van der Waals surface area contributed by atoms with Gasteiger partial charge >= 0.3 is 0 Å². The van der Waals surface area contributed by atoms with E-state index >= 15 is 0 Å². The molecular weight excluding hydrogens is 250 g/mol. The minimum Gasteiger partial charge on any atom is -0.390 e. The average Bonchev–Trinajstić information content (AvgIpc) is 2.37. The fourth-order valence-corrected chi connectivity index (χ4v) is 1.88. The van der Waals surface area contributed by atoms with Crippen LogP contribution in [-0.2, 0) is 4.84 Å². The van der Waals surface area contributed by atoms with Crippen LogP contribution in [0.4, 0.5) is 0 Å². The van der Waals surface area contributed by atoms with Crippen molar-refractivity contribution in [3.05, 3.63) is 48.0 Å². The summed E-state index contributed by atoms with van der Waals surface area (Å²) in [7, 11) is 1.94. The van der Waals surface area contributed by atoms with E-state index in [4.69, 9.17) is 4.84 Å². The summed E-state index contributed by atoms with van der Waals surface area (Å²) in [5, 5.41) is 11.5. The van der Waals surface area contributed by atoms with Gasteiger partial charge in [0.2, 0.25) is 0 Å². The first-order valence-corrected chi connectivity index (χ1v) is 7.13. The standard InChI is InChI=1S/C17H27NO2/c1-14(10-9-13-17(3,4)19)20-18(5)15(2)16-11-7-6-8-12-16/h6-12,14-15,19H,13H2,1-5H3/b10-9+/t14-,15-/m1/s1. The number of nitrogens with zero attached hydrogens (tertiary/aromatic N) is 1. The molecule has 0 fully saturated rings. The maximum Gasteiger partial charge on any atom is 0.0946 e. The van der Waals surface area contributed by atoms with Crippen LogP contribution in [0.15, 0.2) is 42.5 Å². The summed E-state index contributed by atoms with van der Waals surface area (Å²) >= 11 is 0. The van der Waals surface area contributed by atoms with Crippen LogP contribution in [0.1, 0.15) is 45.7 Å². The molecule has 0 saturated carbocycles. The van der Waals surface area contributed by atoms with Crippen LogP contribution in [0, 0.1) is 0 Å². The highest BCUT2D eigenvalue weighted by atomic mass is 16.7. The zero-order valence-corrected chi connectivity index (χ0v) is 13.2. The predicted molar refractivity (Wildman–Crippen MR) is 83.2 cm³/mol. The summed E-state index contributed by atoms with van der Waals surface area (Å²) in [5.41, 5.74) is 0.557. The summed E-state index contributed by atoms with van der Waals surface area (Å²) in [6.45, 7) is 7.70. The molecule has 1 aromatic carbocycles. The van der Waals surface area contributed by atoms with E-state index in [2.05, 4.69) is 19.1 Å². The third-order valence-electron chi connectivity index (χ3n) is 3.18. The minimum absolute atomic E-state index is 0.0199. The van der Waals surface area contributed by atoms with Crippen LogP contribution < -0.4 is 0 Å². The van der Waals surface area contributed by atoms with Gasteiger partial charge in [-0.2, -0.15) is 5.06 Å². The maximum absolute atomic E-state index is 9.65. The molecule has 0 heterocycles. The van der Waals surface area contributed by atoms with Crippen molar-refractivity contribution < 1.29 is 9.94 Å². The lowest BCUT2D eigenvalue weighted by molar-refractivity contribution is -0.185. The normalized spacial score (nSPS) is 15.8. The molecule has 1 aromatic rings. The Morgan fingerprint density at radius 2 is 1.85 bits per heavy atom. The third-order valence-corrected chi connectivity index (χ3v) is 3.18. The first-order chi connectivity index (χ1) is 9.29. The van der Waals surface area contributed by atoms with E-state index in [1.807, 2.05) is 49.4 Å². The molecule has 0 aliphatic heterocycles. The van der Waals surface area contributed by atoms with Gasteiger partial charge in [0.1, 0.15) is 0 Å². The van der Waals surface area contributed by atoms with Crippen LogP contribution in [0.5, 0.6) is 0 Å². The number of hydrogen-bond donors (Lipinski definition) is 1. The van der Waals surface area contributed by atoms with Gasteiger partial charge in [-0.25, -0.2) is 0 Å².